The van der Waals surface area contributed by atoms with Gasteiger partial charge in [0.15, 0.2) is 5.84 Å². The molecular weight excluding hydrogens is 432 g/mol. The maximum absolute atomic E-state index is 13.2. The highest BCUT2D eigenvalue weighted by Crippen LogP contribution is 2.31. The average Bonchev–Trinajstić information content (AvgIpc) is 3.51. The van der Waals surface area contributed by atoms with Crippen molar-refractivity contribution in [3.05, 3.63) is 52.2 Å². The van der Waals surface area contributed by atoms with Gasteiger partial charge >= 0.3 is 0 Å². The number of fused-ring (bicyclic) bond motifs is 1. The molecule has 3 heterocycles. The third-order valence-electron chi connectivity index (χ3n) is 6.09. The van der Waals surface area contributed by atoms with Crippen molar-refractivity contribution in [1.82, 2.24) is 15.1 Å². The summed E-state index contributed by atoms with van der Waals surface area (Å²) in [5.41, 5.74) is 1.79. The van der Waals surface area contributed by atoms with Gasteiger partial charge in [-0.2, -0.15) is 19.8 Å². The Bertz CT molecular complexity index is 1060. The van der Waals surface area contributed by atoms with E-state index in [1.54, 1.807) is 35.6 Å². The first-order valence-electron chi connectivity index (χ1n) is 10.7. The van der Waals surface area contributed by atoms with Crippen LogP contribution >= 0.6 is 11.3 Å². The summed E-state index contributed by atoms with van der Waals surface area (Å²) in [6.07, 6.45) is 1.50. The van der Waals surface area contributed by atoms with Gasteiger partial charge in [-0.05, 0) is 60.5 Å². The van der Waals surface area contributed by atoms with Crippen LogP contribution in [0.4, 0.5) is 0 Å². The fourth-order valence-corrected chi connectivity index (χ4v) is 6.41. The van der Waals surface area contributed by atoms with Gasteiger partial charge in [0.05, 0.1) is 6.04 Å². The first-order valence-corrected chi connectivity index (χ1v) is 13.1. The Hall–Kier alpha value is -2.23. The number of amidine groups is 1. The number of sulfonamides is 1. The molecule has 1 aromatic carbocycles. The summed E-state index contributed by atoms with van der Waals surface area (Å²) >= 11 is 1.66. The number of likely N-dealkylation sites (N-methyl/N-ethyl adjacent to an activating group) is 1. The number of likely N-dealkylation sites (tertiary alicyclic amines) is 1. The molecule has 1 aromatic heterocycles. The van der Waals surface area contributed by atoms with Crippen molar-refractivity contribution in [2.45, 2.75) is 43.7 Å². The van der Waals surface area contributed by atoms with E-state index >= 15 is 0 Å². The van der Waals surface area contributed by atoms with Crippen LogP contribution in [0.2, 0.25) is 0 Å². The van der Waals surface area contributed by atoms with E-state index in [4.69, 9.17) is 0 Å². The van der Waals surface area contributed by atoms with Crippen LogP contribution in [-0.2, 0) is 14.8 Å². The molecule has 1 amide bonds. The zero-order valence-corrected chi connectivity index (χ0v) is 19.5. The van der Waals surface area contributed by atoms with Crippen LogP contribution in [-0.4, -0.2) is 62.2 Å². The highest BCUT2D eigenvalue weighted by atomic mass is 32.2. The molecule has 0 aliphatic carbocycles. The maximum Gasteiger partial charge on any atom is 0.285 e. The quantitative estimate of drug-likeness (QED) is 0.687. The summed E-state index contributed by atoms with van der Waals surface area (Å²) in [7, 11) is -3.71. The molecule has 2 atom stereocenters. The van der Waals surface area contributed by atoms with Crippen LogP contribution < -0.4 is 5.32 Å². The van der Waals surface area contributed by atoms with E-state index in [-0.39, 0.29) is 16.8 Å². The Morgan fingerprint density at radius 2 is 2.06 bits per heavy atom. The maximum atomic E-state index is 13.2. The van der Waals surface area contributed by atoms with E-state index in [1.165, 1.54) is 5.56 Å². The Labute approximate surface area is 187 Å². The largest absolute Gasteiger partial charge is 0.352 e. The first-order chi connectivity index (χ1) is 15.0. The van der Waals surface area contributed by atoms with E-state index in [0.717, 1.165) is 19.5 Å². The average molecular weight is 461 g/mol. The molecule has 2 aliphatic heterocycles. The van der Waals surface area contributed by atoms with Crippen LogP contribution in [0.15, 0.2) is 50.4 Å². The van der Waals surface area contributed by atoms with E-state index in [0.29, 0.717) is 30.9 Å². The molecule has 9 heteroatoms. The van der Waals surface area contributed by atoms with Gasteiger partial charge in [-0.1, -0.05) is 26.0 Å². The normalized spacial score (nSPS) is 20.5. The summed E-state index contributed by atoms with van der Waals surface area (Å²) in [6.45, 7) is 7.18. The summed E-state index contributed by atoms with van der Waals surface area (Å²) in [4.78, 5) is 17.6. The highest BCUT2D eigenvalue weighted by molar-refractivity contribution is 7.90. The lowest BCUT2D eigenvalue weighted by atomic mass is 10.1. The molecule has 1 fully saturated rings. The molecular formula is C22H28N4O3S2. The molecule has 0 saturated carbocycles. The van der Waals surface area contributed by atoms with Gasteiger partial charge in [0.1, 0.15) is 10.9 Å². The van der Waals surface area contributed by atoms with Gasteiger partial charge in [0.2, 0.25) is 5.91 Å². The minimum absolute atomic E-state index is 0.0747. The molecule has 2 aromatic rings. The SMILES string of the molecule is CCN(CC)C(CNC(=O)[C@@H]1CCCN1C1=NS(=O)(=O)c2ccccc21)c1ccsc1. The monoisotopic (exact) mass is 460 g/mol. The van der Waals surface area contributed by atoms with Crippen LogP contribution in [0.1, 0.15) is 43.9 Å². The summed E-state index contributed by atoms with van der Waals surface area (Å²) in [5, 5.41) is 7.33. The van der Waals surface area contributed by atoms with Crippen LogP contribution in [0.25, 0.3) is 0 Å². The lowest BCUT2D eigenvalue weighted by Crippen LogP contribution is -2.48. The number of rotatable bonds is 7. The van der Waals surface area contributed by atoms with Gasteiger partial charge in [-0.3, -0.25) is 9.69 Å². The van der Waals surface area contributed by atoms with Crippen LogP contribution in [0.3, 0.4) is 0 Å². The molecule has 4 rings (SSSR count). The lowest BCUT2D eigenvalue weighted by molar-refractivity contribution is -0.124. The Kier molecular flexibility index (Phi) is 6.45. The minimum Gasteiger partial charge on any atom is -0.352 e. The lowest BCUT2D eigenvalue weighted by Gasteiger charge is -2.31. The Morgan fingerprint density at radius 1 is 1.29 bits per heavy atom. The van der Waals surface area contributed by atoms with Gasteiger partial charge in [0.25, 0.3) is 10.0 Å². The van der Waals surface area contributed by atoms with Crippen molar-refractivity contribution >= 4 is 33.1 Å². The molecule has 1 unspecified atom stereocenters. The summed E-state index contributed by atoms with van der Waals surface area (Å²) < 4.78 is 29.0. The predicted octanol–water partition coefficient (Wildman–Crippen LogP) is 2.86. The molecule has 2 aliphatic rings. The van der Waals surface area contributed by atoms with Crippen LogP contribution in [0, 0.1) is 0 Å². The number of benzene rings is 1. The van der Waals surface area contributed by atoms with E-state index in [1.807, 2.05) is 4.90 Å². The predicted molar refractivity (Wildman–Crippen MR) is 123 cm³/mol. The number of hydrogen-bond acceptors (Lipinski definition) is 6. The van der Waals surface area contributed by atoms with Crippen molar-refractivity contribution in [3.8, 4) is 0 Å². The minimum atomic E-state index is -3.71. The third kappa shape index (κ3) is 4.26. The fraction of sp³-hybridized carbons (Fsp3) is 0.455. The molecule has 0 radical (unpaired) electrons. The van der Waals surface area contributed by atoms with Crippen molar-refractivity contribution in [2.24, 2.45) is 4.40 Å². The summed E-state index contributed by atoms with van der Waals surface area (Å²) in [5.74, 6) is 0.320. The molecule has 0 spiro atoms. The van der Waals surface area contributed by atoms with Gasteiger partial charge in [0, 0.05) is 18.7 Å². The number of nitrogens with one attached hydrogen (secondary N) is 1. The smallest absolute Gasteiger partial charge is 0.285 e. The second kappa shape index (κ2) is 9.10. The Balaban J connectivity index is 1.51. The number of carbonyl (C=O) groups excluding carboxylic acids is 1. The van der Waals surface area contributed by atoms with Gasteiger partial charge in [-0.25, -0.2) is 0 Å². The first kappa shape index (κ1) is 22.0. The van der Waals surface area contributed by atoms with Gasteiger partial charge in [-0.15, -0.1) is 4.40 Å². The molecule has 7 nitrogen and oxygen atoms in total. The molecule has 166 valence electrons. The topological polar surface area (TPSA) is 82.1 Å². The second-order valence-corrected chi connectivity index (χ2v) is 10.1. The molecule has 1 saturated heterocycles. The van der Waals surface area contributed by atoms with E-state index in [2.05, 4.69) is 45.3 Å². The molecule has 1 N–H and O–H groups in total. The number of carbonyl (C=O) groups is 1. The zero-order chi connectivity index (χ0) is 22.0. The van der Waals surface area contributed by atoms with E-state index in [9.17, 15) is 13.2 Å². The number of nitrogens with zero attached hydrogens (tertiary/aromatic N) is 3. The number of hydrogen-bond donors (Lipinski definition) is 1. The van der Waals surface area contributed by atoms with Crippen molar-refractivity contribution in [1.29, 1.82) is 0 Å². The van der Waals surface area contributed by atoms with Crippen molar-refractivity contribution in [2.75, 3.05) is 26.2 Å². The standard InChI is InChI=1S/C22H28N4O3S2/c1-3-25(4-2)19(16-11-13-30-15-16)14-23-22(27)18-9-7-12-26(18)21-17-8-5-6-10-20(17)31(28,29)24-21/h5-6,8,10-11,13,15,18-19H,3-4,7,9,12,14H2,1-2H3,(H,23,27)/t18-,19?/m0/s1. The van der Waals surface area contributed by atoms with E-state index < -0.39 is 16.1 Å². The summed E-state index contributed by atoms with van der Waals surface area (Å²) in [6, 6.07) is 8.64. The van der Waals surface area contributed by atoms with Gasteiger partial charge < -0.3 is 10.2 Å². The molecule has 0 bridgehead atoms. The fourth-order valence-electron chi connectivity index (χ4n) is 4.49. The second-order valence-electron chi connectivity index (χ2n) is 7.78. The highest BCUT2D eigenvalue weighted by Gasteiger charge is 2.39. The van der Waals surface area contributed by atoms with Crippen molar-refractivity contribution in [3.63, 3.8) is 0 Å². The number of amides is 1. The zero-order valence-electron chi connectivity index (χ0n) is 17.8. The Morgan fingerprint density at radius 3 is 2.77 bits per heavy atom. The number of thiophene rings is 1. The van der Waals surface area contributed by atoms with Crippen LogP contribution in [0.5, 0.6) is 0 Å². The van der Waals surface area contributed by atoms with Crippen molar-refractivity contribution < 1.29 is 13.2 Å². The molecule has 31 heavy (non-hydrogen) atoms. The third-order valence-corrected chi connectivity index (χ3v) is 8.12.